The number of rotatable bonds is 8. The van der Waals surface area contributed by atoms with Crippen molar-refractivity contribution in [1.29, 1.82) is 0 Å². The van der Waals surface area contributed by atoms with E-state index < -0.39 is 22.0 Å². The Bertz CT molecular complexity index is 1260. The summed E-state index contributed by atoms with van der Waals surface area (Å²) in [6, 6.07) is 15.8. The first kappa shape index (κ1) is 24.4. The van der Waals surface area contributed by atoms with Gasteiger partial charge in [0.05, 0.1) is 41.4 Å². The zero-order chi connectivity index (χ0) is 24.2. The molecule has 1 amide bonds. The molecule has 0 fully saturated rings. The van der Waals surface area contributed by atoms with Crippen LogP contribution in [0, 0.1) is 6.92 Å². The fourth-order valence-corrected chi connectivity index (χ4v) is 4.54. The Morgan fingerprint density at radius 1 is 0.970 bits per heavy atom. The van der Waals surface area contributed by atoms with Crippen molar-refractivity contribution >= 4 is 33.2 Å². The SMILES string of the molecule is COc1ccc(OC)c(C(C)NC(=O)c2ccc(NS(=O)(=O)c3ccc(C)cc3)cc2Cl)c1. The Balaban J connectivity index is 1.77. The summed E-state index contributed by atoms with van der Waals surface area (Å²) in [6.07, 6.45) is 0. The lowest BCUT2D eigenvalue weighted by molar-refractivity contribution is 0.0939. The van der Waals surface area contributed by atoms with Gasteiger partial charge in [0.2, 0.25) is 0 Å². The topological polar surface area (TPSA) is 93.7 Å². The van der Waals surface area contributed by atoms with Crippen LogP contribution >= 0.6 is 11.6 Å². The summed E-state index contributed by atoms with van der Waals surface area (Å²) in [6.45, 7) is 3.69. The molecule has 0 bridgehead atoms. The molecule has 0 spiro atoms. The molecule has 0 aliphatic carbocycles. The fourth-order valence-electron chi connectivity index (χ4n) is 3.22. The van der Waals surface area contributed by atoms with Crippen LogP contribution in [-0.2, 0) is 10.0 Å². The zero-order valence-electron chi connectivity index (χ0n) is 18.7. The van der Waals surface area contributed by atoms with Crippen molar-refractivity contribution in [3.05, 3.63) is 82.4 Å². The van der Waals surface area contributed by atoms with Crippen LogP contribution in [0.5, 0.6) is 11.5 Å². The van der Waals surface area contributed by atoms with Gasteiger partial charge in [-0.05, 0) is 62.4 Å². The minimum atomic E-state index is -3.78. The molecule has 0 aromatic heterocycles. The van der Waals surface area contributed by atoms with Gasteiger partial charge in [0.1, 0.15) is 11.5 Å². The third kappa shape index (κ3) is 5.77. The summed E-state index contributed by atoms with van der Waals surface area (Å²) in [5.41, 5.74) is 2.15. The molecule has 7 nitrogen and oxygen atoms in total. The molecule has 0 saturated carbocycles. The Morgan fingerprint density at radius 3 is 2.27 bits per heavy atom. The summed E-state index contributed by atoms with van der Waals surface area (Å²) in [5, 5.41) is 2.99. The van der Waals surface area contributed by atoms with Gasteiger partial charge in [0, 0.05) is 5.56 Å². The summed E-state index contributed by atoms with van der Waals surface area (Å²) in [7, 11) is -0.677. The van der Waals surface area contributed by atoms with Crippen molar-refractivity contribution in [1.82, 2.24) is 5.32 Å². The minimum Gasteiger partial charge on any atom is -0.497 e. The lowest BCUT2D eigenvalue weighted by Crippen LogP contribution is -2.27. The molecule has 1 atom stereocenters. The number of anilines is 1. The number of amides is 1. The Hall–Kier alpha value is -3.23. The monoisotopic (exact) mass is 488 g/mol. The first-order valence-electron chi connectivity index (χ1n) is 10.1. The van der Waals surface area contributed by atoms with Crippen molar-refractivity contribution in [2.45, 2.75) is 24.8 Å². The van der Waals surface area contributed by atoms with Gasteiger partial charge in [-0.15, -0.1) is 0 Å². The van der Waals surface area contributed by atoms with Gasteiger partial charge in [-0.2, -0.15) is 0 Å². The van der Waals surface area contributed by atoms with Crippen LogP contribution in [0.3, 0.4) is 0 Å². The average molecular weight is 489 g/mol. The van der Waals surface area contributed by atoms with Crippen LogP contribution in [0.2, 0.25) is 5.02 Å². The molecule has 2 N–H and O–H groups in total. The van der Waals surface area contributed by atoms with Crippen molar-refractivity contribution in [3.63, 3.8) is 0 Å². The summed E-state index contributed by atoms with van der Waals surface area (Å²) >= 11 is 6.32. The number of ether oxygens (including phenoxy) is 2. The van der Waals surface area contributed by atoms with E-state index in [1.165, 1.54) is 30.3 Å². The van der Waals surface area contributed by atoms with E-state index in [1.54, 1.807) is 44.6 Å². The van der Waals surface area contributed by atoms with Gasteiger partial charge in [0.25, 0.3) is 15.9 Å². The smallest absolute Gasteiger partial charge is 0.261 e. The molecule has 0 aliphatic heterocycles. The first-order valence-corrected chi connectivity index (χ1v) is 11.9. The molecule has 0 radical (unpaired) electrons. The van der Waals surface area contributed by atoms with Crippen LogP contribution in [0.4, 0.5) is 5.69 Å². The molecule has 9 heteroatoms. The van der Waals surface area contributed by atoms with E-state index in [4.69, 9.17) is 21.1 Å². The molecular weight excluding hydrogens is 464 g/mol. The van der Waals surface area contributed by atoms with E-state index in [1.807, 2.05) is 13.8 Å². The zero-order valence-corrected chi connectivity index (χ0v) is 20.3. The number of nitrogens with one attached hydrogen (secondary N) is 2. The third-order valence-corrected chi connectivity index (χ3v) is 6.76. The van der Waals surface area contributed by atoms with Gasteiger partial charge in [-0.1, -0.05) is 29.3 Å². The maximum absolute atomic E-state index is 12.8. The Kier molecular flexibility index (Phi) is 7.50. The lowest BCUT2D eigenvalue weighted by atomic mass is 10.1. The van der Waals surface area contributed by atoms with Gasteiger partial charge < -0.3 is 14.8 Å². The first-order chi connectivity index (χ1) is 15.6. The predicted molar refractivity (Wildman–Crippen MR) is 129 cm³/mol. The molecule has 174 valence electrons. The summed E-state index contributed by atoms with van der Waals surface area (Å²) in [5.74, 6) is 0.830. The van der Waals surface area contributed by atoms with Gasteiger partial charge in [-0.25, -0.2) is 8.42 Å². The number of sulfonamides is 1. The van der Waals surface area contributed by atoms with E-state index >= 15 is 0 Å². The number of halogens is 1. The highest BCUT2D eigenvalue weighted by atomic mass is 35.5. The average Bonchev–Trinajstić information content (AvgIpc) is 2.78. The summed E-state index contributed by atoms with van der Waals surface area (Å²) < 4.78 is 38.3. The highest BCUT2D eigenvalue weighted by molar-refractivity contribution is 7.92. The molecule has 33 heavy (non-hydrogen) atoms. The molecule has 0 aliphatic rings. The number of methoxy groups -OCH3 is 2. The molecular formula is C24H25ClN2O5S. The number of aryl methyl sites for hydroxylation is 1. The normalized spacial score (nSPS) is 12.0. The van der Waals surface area contributed by atoms with Crippen molar-refractivity contribution in [2.24, 2.45) is 0 Å². The van der Waals surface area contributed by atoms with Crippen molar-refractivity contribution < 1.29 is 22.7 Å². The number of hydrogen-bond donors (Lipinski definition) is 2. The van der Waals surface area contributed by atoms with Crippen LogP contribution in [-0.4, -0.2) is 28.5 Å². The van der Waals surface area contributed by atoms with Crippen LogP contribution in [0.15, 0.2) is 65.6 Å². The summed E-state index contributed by atoms with van der Waals surface area (Å²) in [4.78, 5) is 13.0. The van der Waals surface area contributed by atoms with Crippen molar-refractivity contribution in [2.75, 3.05) is 18.9 Å². The molecule has 3 aromatic rings. The van der Waals surface area contributed by atoms with E-state index in [0.29, 0.717) is 11.5 Å². The quantitative estimate of drug-likeness (QED) is 0.467. The predicted octanol–water partition coefficient (Wildman–Crippen LogP) is 4.96. The molecule has 0 heterocycles. The maximum Gasteiger partial charge on any atom is 0.261 e. The van der Waals surface area contributed by atoms with Gasteiger partial charge >= 0.3 is 0 Å². The Labute approximate surface area is 198 Å². The molecule has 1 unspecified atom stereocenters. The van der Waals surface area contributed by atoms with E-state index in [0.717, 1.165) is 11.1 Å². The highest BCUT2D eigenvalue weighted by Crippen LogP contribution is 2.30. The van der Waals surface area contributed by atoms with Gasteiger partial charge in [0.15, 0.2) is 0 Å². The largest absolute Gasteiger partial charge is 0.497 e. The minimum absolute atomic E-state index is 0.112. The van der Waals surface area contributed by atoms with Crippen LogP contribution < -0.4 is 19.5 Å². The highest BCUT2D eigenvalue weighted by Gasteiger charge is 2.19. The number of carbonyl (C=O) groups is 1. The standard InChI is InChI=1S/C24H25ClN2O5S/c1-15-5-9-19(10-6-15)33(29,30)27-17-7-11-20(22(25)13-17)24(28)26-16(2)21-14-18(31-3)8-12-23(21)32-4/h5-14,16,27H,1-4H3,(H,26,28). The third-order valence-electron chi connectivity index (χ3n) is 5.05. The molecule has 3 rings (SSSR count). The number of carbonyl (C=O) groups excluding carboxylic acids is 1. The van der Waals surface area contributed by atoms with Crippen LogP contribution in [0.25, 0.3) is 0 Å². The van der Waals surface area contributed by atoms with E-state index in [9.17, 15) is 13.2 Å². The lowest BCUT2D eigenvalue weighted by Gasteiger charge is -2.19. The molecule has 0 saturated heterocycles. The van der Waals surface area contributed by atoms with Gasteiger partial charge in [-0.3, -0.25) is 9.52 Å². The number of benzene rings is 3. The fraction of sp³-hybridized carbons (Fsp3) is 0.208. The van der Waals surface area contributed by atoms with Crippen LogP contribution in [0.1, 0.15) is 34.5 Å². The second-order valence-corrected chi connectivity index (χ2v) is 9.51. The second-order valence-electron chi connectivity index (χ2n) is 7.42. The van der Waals surface area contributed by atoms with Crippen molar-refractivity contribution in [3.8, 4) is 11.5 Å². The Morgan fingerprint density at radius 2 is 1.67 bits per heavy atom. The number of hydrogen-bond acceptors (Lipinski definition) is 5. The molecule has 3 aromatic carbocycles. The van der Waals surface area contributed by atoms with E-state index in [-0.39, 0.29) is 21.2 Å². The van der Waals surface area contributed by atoms with E-state index in [2.05, 4.69) is 10.0 Å². The second kappa shape index (κ2) is 10.1. The maximum atomic E-state index is 12.8.